The average Bonchev–Trinajstić information content (AvgIpc) is 2.11. The van der Waals surface area contributed by atoms with Crippen LogP contribution in [-0.2, 0) is 0 Å². The maximum atomic E-state index is 3.08. The summed E-state index contributed by atoms with van der Waals surface area (Å²) in [7, 11) is 0. The molecule has 64 valence electrons. The SMILES string of the molecule is CC1=CC=C=CC=C1C(C)(C)C. The largest absolute Gasteiger partial charge is 0.121 e. The van der Waals surface area contributed by atoms with Gasteiger partial charge in [-0.05, 0) is 35.6 Å². The van der Waals surface area contributed by atoms with E-state index in [9.17, 15) is 0 Å². The van der Waals surface area contributed by atoms with E-state index in [2.05, 4.69) is 45.6 Å². The number of hydrogen-bond acceptors (Lipinski definition) is 0. The summed E-state index contributed by atoms with van der Waals surface area (Å²) in [5, 5.41) is 0. The van der Waals surface area contributed by atoms with Crippen molar-refractivity contribution in [2.24, 2.45) is 5.41 Å². The fourth-order valence-corrected chi connectivity index (χ4v) is 1.42. The van der Waals surface area contributed by atoms with Crippen LogP contribution in [-0.4, -0.2) is 0 Å². The van der Waals surface area contributed by atoms with Gasteiger partial charge in [-0.25, -0.2) is 0 Å². The van der Waals surface area contributed by atoms with Crippen LogP contribution in [0.3, 0.4) is 0 Å². The normalized spacial score (nSPS) is 17.0. The van der Waals surface area contributed by atoms with E-state index in [1.165, 1.54) is 11.1 Å². The first kappa shape index (κ1) is 9.09. The lowest BCUT2D eigenvalue weighted by Crippen LogP contribution is -2.10. The van der Waals surface area contributed by atoms with Crippen LogP contribution in [0.2, 0.25) is 0 Å². The summed E-state index contributed by atoms with van der Waals surface area (Å²) in [6.07, 6.45) is 8.20. The van der Waals surface area contributed by atoms with E-state index in [0.717, 1.165) is 0 Å². The van der Waals surface area contributed by atoms with Crippen LogP contribution in [0.25, 0.3) is 0 Å². The lowest BCUT2D eigenvalue weighted by molar-refractivity contribution is 0.510. The summed E-state index contributed by atoms with van der Waals surface area (Å²) in [4.78, 5) is 0. The Kier molecular flexibility index (Phi) is 2.40. The molecule has 0 unspecified atom stereocenters. The Morgan fingerprint density at radius 3 is 2.25 bits per heavy atom. The molecular formula is C12H16. The van der Waals surface area contributed by atoms with Crippen LogP contribution < -0.4 is 0 Å². The molecule has 0 atom stereocenters. The highest BCUT2D eigenvalue weighted by Crippen LogP contribution is 2.31. The summed E-state index contributed by atoms with van der Waals surface area (Å²) in [6.45, 7) is 8.84. The second-order valence-electron chi connectivity index (χ2n) is 4.18. The number of hydrogen-bond donors (Lipinski definition) is 0. The van der Waals surface area contributed by atoms with Crippen molar-refractivity contribution in [2.45, 2.75) is 27.7 Å². The van der Waals surface area contributed by atoms with Crippen molar-refractivity contribution in [3.63, 3.8) is 0 Å². The van der Waals surface area contributed by atoms with Gasteiger partial charge in [-0.1, -0.05) is 32.9 Å². The molecule has 12 heavy (non-hydrogen) atoms. The zero-order chi connectivity index (χ0) is 9.19. The zero-order valence-corrected chi connectivity index (χ0v) is 8.31. The first-order valence-electron chi connectivity index (χ1n) is 4.32. The third-order valence-electron chi connectivity index (χ3n) is 2.01. The molecular weight excluding hydrogens is 144 g/mol. The smallest absolute Gasteiger partial charge is 0.0129 e. The molecule has 0 radical (unpaired) electrons. The van der Waals surface area contributed by atoms with Gasteiger partial charge in [0.2, 0.25) is 0 Å². The second-order valence-corrected chi connectivity index (χ2v) is 4.18. The Morgan fingerprint density at radius 2 is 1.67 bits per heavy atom. The first-order valence-corrected chi connectivity index (χ1v) is 4.32. The molecule has 0 N–H and O–H groups in total. The molecule has 0 aromatic carbocycles. The standard InChI is InChI=1S/C12H16/c1-10-8-6-5-7-9-11(10)12(2,3)4/h6-9H,1-4H3. The Morgan fingerprint density at radius 1 is 1.08 bits per heavy atom. The minimum Gasteiger partial charge on any atom is -0.121 e. The predicted molar refractivity (Wildman–Crippen MR) is 53.9 cm³/mol. The average molecular weight is 160 g/mol. The highest BCUT2D eigenvalue weighted by atomic mass is 14.2. The van der Waals surface area contributed by atoms with Crippen molar-refractivity contribution in [3.05, 3.63) is 41.2 Å². The lowest BCUT2D eigenvalue weighted by Gasteiger charge is -2.23. The Labute approximate surface area is 75.0 Å². The number of rotatable bonds is 0. The fraction of sp³-hybridized carbons (Fsp3) is 0.417. The topological polar surface area (TPSA) is 0 Å². The highest BCUT2D eigenvalue weighted by Gasteiger charge is 2.17. The van der Waals surface area contributed by atoms with Gasteiger partial charge in [-0.2, -0.15) is 0 Å². The molecule has 0 spiro atoms. The van der Waals surface area contributed by atoms with Gasteiger partial charge >= 0.3 is 0 Å². The quantitative estimate of drug-likeness (QED) is 0.475. The van der Waals surface area contributed by atoms with Gasteiger partial charge in [-0.15, -0.1) is 5.73 Å². The molecule has 0 aromatic heterocycles. The van der Waals surface area contributed by atoms with Crippen molar-refractivity contribution in [1.29, 1.82) is 0 Å². The summed E-state index contributed by atoms with van der Waals surface area (Å²) >= 11 is 0. The fourth-order valence-electron chi connectivity index (χ4n) is 1.42. The van der Waals surface area contributed by atoms with Gasteiger partial charge in [0.05, 0.1) is 0 Å². The van der Waals surface area contributed by atoms with Crippen molar-refractivity contribution in [2.75, 3.05) is 0 Å². The van der Waals surface area contributed by atoms with E-state index < -0.39 is 0 Å². The van der Waals surface area contributed by atoms with Gasteiger partial charge in [-0.3, -0.25) is 0 Å². The van der Waals surface area contributed by atoms with E-state index >= 15 is 0 Å². The van der Waals surface area contributed by atoms with E-state index in [1.54, 1.807) is 0 Å². The summed E-state index contributed by atoms with van der Waals surface area (Å²) in [6, 6.07) is 0. The minimum atomic E-state index is 0.233. The van der Waals surface area contributed by atoms with Crippen LogP contribution in [0, 0.1) is 5.41 Å². The van der Waals surface area contributed by atoms with Gasteiger partial charge in [0, 0.05) is 0 Å². The summed E-state index contributed by atoms with van der Waals surface area (Å²) in [5.74, 6) is 0. The molecule has 0 saturated heterocycles. The van der Waals surface area contributed by atoms with Crippen LogP contribution >= 0.6 is 0 Å². The predicted octanol–water partition coefficient (Wildman–Crippen LogP) is 3.63. The van der Waals surface area contributed by atoms with Crippen LogP contribution in [0.1, 0.15) is 27.7 Å². The molecule has 0 heteroatoms. The van der Waals surface area contributed by atoms with Crippen molar-refractivity contribution >= 4 is 0 Å². The first-order chi connectivity index (χ1) is 5.52. The van der Waals surface area contributed by atoms with Crippen LogP contribution in [0.5, 0.6) is 0 Å². The van der Waals surface area contributed by atoms with Crippen molar-refractivity contribution in [1.82, 2.24) is 0 Å². The molecule has 1 aliphatic rings. The summed E-state index contributed by atoms with van der Waals surface area (Å²) < 4.78 is 0. The monoisotopic (exact) mass is 160 g/mol. The molecule has 0 nitrogen and oxygen atoms in total. The number of allylic oxidation sites excluding steroid dienone is 5. The van der Waals surface area contributed by atoms with Crippen LogP contribution in [0.4, 0.5) is 0 Å². The van der Waals surface area contributed by atoms with Gasteiger partial charge in [0.1, 0.15) is 0 Å². The summed E-state index contributed by atoms with van der Waals surface area (Å²) in [5.41, 5.74) is 6.04. The van der Waals surface area contributed by atoms with E-state index in [-0.39, 0.29) is 5.41 Å². The molecule has 0 saturated carbocycles. The molecule has 0 aliphatic heterocycles. The molecule has 0 aromatic rings. The molecule has 0 bridgehead atoms. The van der Waals surface area contributed by atoms with E-state index in [4.69, 9.17) is 0 Å². The molecule has 0 heterocycles. The molecule has 0 fully saturated rings. The van der Waals surface area contributed by atoms with Crippen molar-refractivity contribution < 1.29 is 0 Å². The van der Waals surface area contributed by atoms with Crippen molar-refractivity contribution in [3.8, 4) is 0 Å². The second kappa shape index (κ2) is 3.16. The van der Waals surface area contributed by atoms with Crippen LogP contribution in [0.15, 0.2) is 41.2 Å². The maximum absolute atomic E-state index is 3.08. The third kappa shape index (κ3) is 1.99. The van der Waals surface area contributed by atoms with E-state index in [0.29, 0.717) is 0 Å². The minimum absolute atomic E-state index is 0.233. The third-order valence-corrected chi connectivity index (χ3v) is 2.01. The van der Waals surface area contributed by atoms with E-state index in [1.807, 2.05) is 12.2 Å². The zero-order valence-electron chi connectivity index (χ0n) is 8.31. The Hall–Kier alpha value is -1.00. The highest BCUT2D eigenvalue weighted by molar-refractivity contribution is 5.40. The Bertz CT molecular complexity index is 286. The molecule has 1 rings (SSSR count). The Balaban J connectivity index is 3.08. The maximum Gasteiger partial charge on any atom is -0.0129 e. The molecule has 1 aliphatic carbocycles. The van der Waals surface area contributed by atoms with Gasteiger partial charge in [0.15, 0.2) is 0 Å². The van der Waals surface area contributed by atoms with Gasteiger partial charge in [0.25, 0.3) is 0 Å². The lowest BCUT2D eigenvalue weighted by atomic mass is 9.82. The van der Waals surface area contributed by atoms with Gasteiger partial charge < -0.3 is 0 Å². The molecule has 0 amide bonds.